The number of amides is 4. The zero-order valence-corrected chi connectivity index (χ0v) is 25.3. The summed E-state index contributed by atoms with van der Waals surface area (Å²) in [6.45, 7) is 11.3. The Morgan fingerprint density at radius 3 is 2.24 bits per heavy atom. The lowest BCUT2D eigenvalue weighted by Crippen LogP contribution is -2.53. The maximum Gasteiger partial charge on any atom is 0.408 e. The largest absolute Gasteiger partial charge is 0.444 e. The molecule has 0 aliphatic heterocycles. The summed E-state index contributed by atoms with van der Waals surface area (Å²) in [4.78, 5) is 54.3. The molecule has 0 bridgehead atoms. The molecule has 4 N–H and O–H groups in total. The van der Waals surface area contributed by atoms with Crippen LogP contribution in [0.1, 0.15) is 89.0 Å². The standard InChI is InChI=1S/C32H46N4O5/c1-7-8-9-10-13-19-36(30(39)26(21-27(33)37)35-31(40)41-32(4,5)6)28(24-17-14-15-22(2)20-24)29(38)34-25-18-12-11-16-23(25)3/h11-12,14-18,20,26,28H,7-10,13,19,21H2,1-6H3,(H2,33,37)(H,34,38)(H,35,40). The van der Waals surface area contributed by atoms with E-state index in [-0.39, 0.29) is 6.54 Å². The summed E-state index contributed by atoms with van der Waals surface area (Å²) in [6.07, 6.45) is 3.32. The minimum atomic E-state index is -1.31. The zero-order valence-electron chi connectivity index (χ0n) is 25.3. The van der Waals surface area contributed by atoms with Gasteiger partial charge in [-0.2, -0.15) is 0 Å². The Morgan fingerprint density at radius 2 is 1.63 bits per heavy atom. The number of carbonyl (C=O) groups is 4. The van der Waals surface area contributed by atoms with Gasteiger partial charge in [-0.15, -0.1) is 0 Å². The monoisotopic (exact) mass is 566 g/mol. The maximum absolute atomic E-state index is 14.2. The van der Waals surface area contributed by atoms with Crippen LogP contribution in [-0.4, -0.2) is 46.9 Å². The molecular formula is C32H46N4O5. The van der Waals surface area contributed by atoms with Gasteiger partial charge in [-0.3, -0.25) is 14.4 Å². The average molecular weight is 567 g/mol. The first-order valence-electron chi connectivity index (χ1n) is 14.3. The fraction of sp³-hybridized carbons (Fsp3) is 0.500. The molecule has 9 nitrogen and oxygen atoms in total. The molecular weight excluding hydrogens is 520 g/mol. The van der Waals surface area contributed by atoms with Crippen molar-refractivity contribution in [3.05, 3.63) is 65.2 Å². The molecule has 2 aromatic carbocycles. The lowest BCUT2D eigenvalue weighted by Gasteiger charge is -2.34. The van der Waals surface area contributed by atoms with Gasteiger partial charge < -0.3 is 26.0 Å². The molecule has 0 saturated heterocycles. The number of rotatable bonds is 14. The van der Waals surface area contributed by atoms with Crippen molar-refractivity contribution < 1.29 is 23.9 Å². The predicted octanol–water partition coefficient (Wildman–Crippen LogP) is 5.55. The summed E-state index contributed by atoms with van der Waals surface area (Å²) in [6, 6.07) is 12.5. The molecule has 0 aromatic heterocycles. The fourth-order valence-electron chi connectivity index (χ4n) is 4.53. The van der Waals surface area contributed by atoms with Gasteiger partial charge in [0.2, 0.25) is 11.8 Å². The Kier molecular flexibility index (Phi) is 12.8. The van der Waals surface area contributed by atoms with Crippen molar-refractivity contribution in [1.29, 1.82) is 0 Å². The molecule has 0 fully saturated rings. The van der Waals surface area contributed by atoms with E-state index in [1.807, 2.05) is 50.2 Å². The quantitative estimate of drug-likeness (QED) is 0.258. The highest BCUT2D eigenvalue weighted by Crippen LogP contribution is 2.27. The Hall–Kier alpha value is -3.88. The molecule has 0 spiro atoms. The van der Waals surface area contributed by atoms with Crippen LogP contribution in [0.4, 0.5) is 10.5 Å². The molecule has 0 aliphatic carbocycles. The van der Waals surface area contributed by atoms with E-state index in [2.05, 4.69) is 17.6 Å². The second kappa shape index (κ2) is 15.8. The van der Waals surface area contributed by atoms with Crippen molar-refractivity contribution >= 4 is 29.5 Å². The number of primary amides is 1. The SMILES string of the molecule is CCCCCCCN(C(=O)C(CC(N)=O)NC(=O)OC(C)(C)C)C(C(=O)Nc1ccccc1C)c1cccc(C)c1. The van der Waals surface area contributed by atoms with Gasteiger partial charge in [-0.05, 0) is 58.2 Å². The van der Waals surface area contributed by atoms with E-state index in [1.54, 1.807) is 32.9 Å². The molecule has 9 heteroatoms. The second-order valence-corrected chi connectivity index (χ2v) is 11.4. The van der Waals surface area contributed by atoms with E-state index >= 15 is 0 Å². The normalized spacial score (nSPS) is 12.6. The fourth-order valence-corrected chi connectivity index (χ4v) is 4.53. The molecule has 224 valence electrons. The lowest BCUT2D eigenvalue weighted by molar-refractivity contribution is -0.142. The van der Waals surface area contributed by atoms with Crippen LogP contribution in [0.2, 0.25) is 0 Å². The summed E-state index contributed by atoms with van der Waals surface area (Å²) in [5.41, 5.74) is 7.72. The van der Waals surface area contributed by atoms with Crippen molar-refractivity contribution in [2.75, 3.05) is 11.9 Å². The number of para-hydroxylation sites is 1. The van der Waals surface area contributed by atoms with Gasteiger partial charge in [-0.25, -0.2) is 4.79 Å². The van der Waals surface area contributed by atoms with Gasteiger partial charge in [0, 0.05) is 12.2 Å². The number of ether oxygens (including phenoxy) is 1. The second-order valence-electron chi connectivity index (χ2n) is 11.4. The van der Waals surface area contributed by atoms with Gasteiger partial charge in [0.1, 0.15) is 17.7 Å². The van der Waals surface area contributed by atoms with Gasteiger partial charge >= 0.3 is 6.09 Å². The molecule has 4 amide bonds. The van der Waals surface area contributed by atoms with Gasteiger partial charge in [0.15, 0.2) is 0 Å². The average Bonchev–Trinajstić information content (AvgIpc) is 2.87. The highest BCUT2D eigenvalue weighted by atomic mass is 16.6. The lowest BCUT2D eigenvalue weighted by atomic mass is 9.99. The third kappa shape index (κ3) is 11.3. The number of nitrogens with one attached hydrogen (secondary N) is 2. The molecule has 2 aromatic rings. The van der Waals surface area contributed by atoms with Crippen molar-refractivity contribution in [3.63, 3.8) is 0 Å². The number of hydrogen-bond donors (Lipinski definition) is 3. The summed E-state index contributed by atoms with van der Waals surface area (Å²) >= 11 is 0. The van der Waals surface area contributed by atoms with Crippen LogP contribution < -0.4 is 16.4 Å². The number of nitrogens with zero attached hydrogens (tertiary/aromatic N) is 1. The first-order valence-corrected chi connectivity index (χ1v) is 14.3. The zero-order chi connectivity index (χ0) is 30.6. The van der Waals surface area contributed by atoms with Crippen LogP contribution in [-0.2, 0) is 19.1 Å². The van der Waals surface area contributed by atoms with Crippen molar-refractivity contribution in [3.8, 4) is 0 Å². The maximum atomic E-state index is 14.2. The van der Waals surface area contributed by atoms with E-state index in [1.165, 1.54) is 4.90 Å². The smallest absolute Gasteiger partial charge is 0.408 e. The third-order valence-corrected chi connectivity index (χ3v) is 6.50. The Bertz CT molecular complexity index is 1190. The van der Waals surface area contributed by atoms with Crippen LogP contribution in [0.15, 0.2) is 48.5 Å². The third-order valence-electron chi connectivity index (χ3n) is 6.50. The Labute approximate surface area is 244 Å². The number of nitrogens with two attached hydrogens (primary N) is 1. The molecule has 2 rings (SSSR count). The number of benzene rings is 2. The summed E-state index contributed by atoms with van der Waals surface area (Å²) < 4.78 is 5.35. The number of unbranched alkanes of at least 4 members (excludes halogenated alkanes) is 4. The minimum absolute atomic E-state index is 0.244. The highest BCUT2D eigenvalue weighted by molar-refractivity contribution is 6.00. The Balaban J connectivity index is 2.54. The van der Waals surface area contributed by atoms with Crippen LogP contribution in [0.5, 0.6) is 0 Å². The molecule has 41 heavy (non-hydrogen) atoms. The first-order chi connectivity index (χ1) is 19.3. The van der Waals surface area contributed by atoms with Crippen LogP contribution in [0.25, 0.3) is 0 Å². The number of hydrogen-bond acceptors (Lipinski definition) is 5. The van der Waals surface area contributed by atoms with E-state index in [9.17, 15) is 19.2 Å². The Morgan fingerprint density at radius 1 is 0.951 bits per heavy atom. The number of alkyl carbamates (subject to hydrolysis) is 1. The number of carbonyl (C=O) groups excluding carboxylic acids is 4. The van der Waals surface area contributed by atoms with E-state index in [0.717, 1.165) is 36.8 Å². The highest BCUT2D eigenvalue weighted by Gasteiger charge is 2.37. The molecule has 2 atom stereocenters. The summed E-state index contributed by atoms with van der Waals surface area (Å²) in [5.74, 6) is -1.75. The van der Waals surface area contributed by atoms with Crippen LogP contribution in [0, 0.1) is 13.8 Å². The summed E-state index contributed by atoms with van der Waals surface area (Å²) in [7, 11) is 0. The van der Waals surface area contributed by atoms with Crippen molar-refractivity contribution in [2.24, 2.45) is 5.73 Å². The van der Waals surface area contributed by atoms with Gasteiger partial charge in [0.25, 0.3) is 5.91 Å². The summed E-state index contributed by atoms with van der Waals surface area (Å²) in [5, 5.41) is 5.52. The molecule has 0 aliphatic rings. The number of anilines is 1. The van der Waals surface area contributed by atoms with Crippen LogP contribution in [0.3, 0.4) is 0 Å². The van der Waals surface area contributed by atoms with Crippen molar-refractivity contribution in [2.45, 2.75) is 97.8 Å². The van der Waals surface area contributed by atoms with Gasteiger partial charge in [0.05, 0.1) is 6.42 Å². The van der Waals surface area contributed by atoms with E-state index < -0.39 is 47.9 Å². The minimum Gasteiger partial charge on any atom is -0.444 e. The molecule has 0 radical (unpaired) electrons. The van der Waals surface area contributed by atoms with Crippen LogP contribution >= 0.6 is 0 Å². The topological polar surface area (TPSA) is 131 Å². The van der Waals surface area contributed by atoms with E-state index in [4.69, 9.17) is 10.5 Å². The first kappa shape index (κ1) is 33.3. The predicted molar refractivity (Wildman–Crippen MR) is 161 cm³/mol. The number of aryl methyl sites for hydroxylation is 2. The van der Waals surface area contributed by atoms with E-state index in [0.29, 0.717) is 17.7 Å². The molecule has 0 heterocycles. The van der Waals surface area contributed by atoms with Crippen molar-refractivity contribution in [1.82, 2.24) is 10.2 Å². The van der Waals surface area contributed by atoms with Gasteiger partial charge in [-0.1, -0.05) is 80.6 Å². The molecule has 0 saturated carbocycles. The molecule has 2 unspecified atom stereocenters.